The molecule has 1 aromatic carbocycles. The summed E-state index contributed by atoms with van der Waals surface area (Å²) in [6, 6.07) is 5.24. The molecule has 1 aromatic heterocycles. The lowest BCUT2D eigenvalue weighted by atomic mass is 9.79. The first-order valence-corrected chi connectivity index (χ1v) is 8.93. The van der Waals surface area contributed by atoms with Crippen LogP contribution in [0.4, 0.5) is 0 Å². The van der Waals surface area contributed by atoms with Crippen LogP contribution in [0.5, 0.6) is 0 Å². The van der Waals surface area contributed by atoms with Gasteiger partial charge in [0.05, 0.1) is 10.0 Å². The molecular formula is C18H22Cl3N3O2. The van der Waals surface area contributed by atoms with Gasteiger partial charge in [-0.1, -0.05) is 48.3 Å². The number of nitrogens with two attached hydrogens (primary N) is 1. The highest BCUT2D eigenvalue weighted by Gasteiger charge is 2.37. The first-order valence-electron chi connectivity index (χ1n) is 8.18. The van der Waals surface area contributed by atoms with Crippen LogP contribution >= 0.6 is 35.6 Å². The predicted octanol–water partition coefficient (Wildman–Crippen LogP) is 4.58. The molecule has 1 saturated heterocycles. The van der Waals surface area contributed by atoms with Gasteiger partial charge in [0.15, 0.2) is 0 Å². The molecule has 2 aromatic rings. The number of rotatable bonds is 2. The second-order valence-electron chi connectivity index (χ2n) is 7.17. The van der Waals surface area contributed by atoms with Gasteiger partial charge < -0.3 is 15.2 Å². The Morgan fingerprint density at radius 1 is 1.35 bits per heavy atom. The number of halogens is 3. The van der Waals surface area contributed by atoms with E-state index in [1.54, 1.807) is 30.0 Å². The third-order valence-corrected chi connectivity index (χ3v) is 5.51. The quantitative estimate of drug-likeness (QED) is 0.775. The monoisotopic (exact) mass is 417 g/mol. The van der Waals surface area contributed by atoms with Gasteiger partial charge in [-0.15, -0.1) is 12.4 Å². The first-order chi connectivity index (χ1) is 11.7. The molecule has 0 aliphatic carbocycles. The topological polar surface area (TPSA) is 72.4 Å². The largest absolute Gasteiger partial charge is 0.360 e. The third-order valence-electron chi connectivity index (χ3n) is 4.88. The van der Waals surface area contributed by atoms with Crippen LogP contribution in [0.1, 0.15) is 36.4 Å². The van der Waals surface area contributed by atoms with Gasteiger partial charge in [0.1, 0.15) is 17.0 Å². The number of likely N-dealkylation sites (tertiary alicyclic amines) is 1. The number of hydrogen-bond acceptors (Lipinski definition) is 4. The molecule has 1 unspecified atom stereocenters. The maximum absolute atomic E-state index is 13.2. The number of piperidine rings is 1. The van der Waals surface area contributed by atoms with Crippen LogP contribution < -0.4 is 5.73 Å². The lowest BCUT2D eigenvalue weighted by Crippen LogP contribution is -2.54. The Morgan fingerprint density at radius 2 is 1.96 bits per heavy atom. The summed E-state index contributed by atoms with van der Waals surface area (Å²) in [5.41, 5.74) is 7.33. The Hall–Kier alpha value is -1.27. The Labute approximate surface area is 169 Å². The van der Waals surface area contributed by atoms with Gasteiger partial charge in [-0.25, -0.2) is 0 Å². The van der Waals surface area contributed by atoms with Crippen molar-refractivity contribution in [2.75, 3.05) is 13.1 Å². The fourth-order valence-electron chi connectivity index (χ4n) is 3.22. The molecule has 26 heavy (non-hydrogen) atoms. The van der Waals surface area contributed by atoms with Crippen molar-refractivity contribution in [2.24, 2.45) is 11.1 Å². The average Bonchev–Trinajstić information content (AvgIpc) is 2.90. The van der Waals surface area contributed by atoms with Gasteiger partial charge in [0, 0.05) is 24.7 Å². The normalized spacial score (nSPS) is 19.2. The Kier molecular flexibility index (Phi) is 6.28. The highest BCUT2D eigenvalue weighted by Crippen LogP contribution is 2.38. The van der Waals surface area contributed by atoms with E-state index >= 15 is 0 Å². The first kappa shape index (κ1) is 21.0. The van der Waals surface area contributed by atoms with Crippen molar-refractivity contribution < 1.29 is 9.32 Å². The van der Waals surface area contributed by atoms with Crippen LogP contribution in [0.3, 0.4) is 0 Å². The van der Waals surface area contributed by atoms with Crippen LogP contribution in [-0.4, -0.2) is 35.1 Å². The average molecular weight is 419 g/mol. The van der Waals surface area contributed by atoms with Gasteiger partial charge in [0.2, 0.25) is 0 Å². The van der Waals surface area contributed by atoms with E-state index in [1.165, 1.54) is 0 Å². The zero-order valence-electron chi connectivity index (χ0n) is 14.9. The van der Waals surface area contributed by atoms with Crippen molar-refractivity contribution in [3.63, 3.8) is 0 Å². The van der Waals surface area contributed by atoms with Crippen LogP contribution in [-0.2, 0) is 0 Å². The van der Waals surface area contributed by atoms with E-state index in [0.717, 1.165) is 6.42 Å². The molecule has 1 aliphatic rings. The molecule has 0 spiro atoms. The van der Waals surface area contributed by atoms with Crippen LogP contribution in [0, 0.1) is 12.3 Å². The maximum Gasteiger partial charge on any atom is 0.259 e. The van der Waals surface area contributed by atoms with Gasteiger partial charge in [-0.05, 0) is 30.9 Å². The van der Waals surface area contributed by atoms with E-state index in [0.29, 0.717) is 45.7 Å². The highest BCUT2D eigenvalue weighted by atomic mass is 35.5. The minimum Gasteiger partial charge on any atom is -0.360 e. The second kappa shape index (κ2) is 7.77. The van der Waals surface area contributed by atoms with Crippen molar-refractivity contribution in [3.05, 3.63) is 39.6 Å². The number of hydrogen-bond donors (Lipinski definition) is 1. The molecule has 1 atom stereocenters. The standard InChI is InChI=1S/C18H21Cl2N3O2.ClH/c1-10-14(17(24)23-8-7-13(21)18(2,3)9-23)16(22-25-10)15-11(19)5-4-6-12(15)20;/h4-6,13H,7-9,21H2,1-3H3;1H. The van der Waals surface area contributed by atoms with Gasteiger partial charge in [0.25, 0.3) is 5.91 Å². The third kappa shape index (κ3) is 3.72. The van der Waals surface area contributed by atoms with Crippen molar-refractivity contribution in [2.45, 2.75) is 33.2 Å². The summed E-state index contributed by atoms with van der Waals surface area (Å²) in [6.07, 6.45) is 0.755. The zero-order valence-corrected chi connectivity index (χ0v) is 17.2. The maximum atomic E-state index is 13.2. The predicted molar refractivity (Wildman–Crippen MR) is 106 cm³/mol. The summed E-state index contributed by atoms with van der Waals surface area (Å²) in [6.45, 7) is 7.04. The van der Waals surface area contributed by atoms with E-state index in [9.17, 15) is 4.79 Å². The summed E-state index contributed by atoms with van der Waals surface area (Å²) in [5.74, 6) is 0.313. The Morgan fingerprint density at radius 3 is 2.54 bits per heavy atom. The van der Waals surface area contributed by atoms with Crippen LogP contribution in [0.15, 0.2) is 22.7 Å². The summed E-state index contributed by atoms with van der Waals surface area (Å²) < 4.78 is 5.31. The second-order valence-corrected chi connectivity index (χ2v) is 7.98. The van der Waals surface area contributed by atoms with E-state index in [-0.39, 0.29) is 29.8 Å². The van der Waals surface area contributed by atoms with Crippen molar-refractivity contribution >= 4 is 41.5 Å². The minimum atomic E-state index is -0.152. The lowest BCUT2D eigenvalue weighted by molar-refractivity contribution is 0.0532. The number of nitrogens with zero attached hydrogens (tertiary/aromatic N) is 2. The molecule has 1 amide bonds. The summed E-state index contributed by atoms with van der Waals surface area (Å²) >= 11 is 12.6. The Balaban J connectivity index is 0.00000243. The highest BCUT2D eigenvalue weighted by molar-refractivity contribution is 6.39. The van der Waals surface area contributed by atoms with Crippen molar-refractivity contribution in [1.82, 2.24) is 10.1 Å². The number of carbonyl (C=O) groups excluding carboxylic acids is 1. The fourth-order valence-corrected chi connectivity index (χ4v) is 3.80. The molecule has 5 nitrogen and oxygen atoms in total. The molecule has 3 rings (SSSR count). The van der Waals surface area contributed by atoms with E-state index < -0.39 is 0 Å². The molecule has 142 valence electrons. The van der Waals surface area contributed by atoms with E-state index in [4.69, 9.17) is 33.5 Å². The van der Waals surface area contributed by atoms with Crippen LogP contribution in [0.2, 0.25) is 10.0 Å². The number of amides is 1. The number of aryl methyl sites for hydroxylation is 1. The molecule has 2 N–H and O–H groups in total. The molecule has 1 aliphatic heterocycles. The molecule has 0 bridgehead atoms. The van der Waals surface area contributed by atoms with E-state index in [1.807, 2.05) is 0 Å². The molecule has 1 fully saturated rings. The SMILES string of the molecule is Cc1onc(-c2c(Cl)cccc2Cl)c1C(=O)N1CCC(N)C(C)(C)C1.Cl. The molecule has 8 heteroatoms. The van der Waals surface area contributed by atoms with Crippen molar-refractivity contribution in [1.29, 1.82) is 0 Å². The van der Waals surface area contributed by atoms with Crippen molar-refractivity contribution in [3.8, 4) is 11.3 Å². The summed E-state index contributed by atoms with van der Waals surface area (Å²) in [5, 5.41) is 4.91. The zero-order chi connectivity index (χ0) is 18.4. The summed E-state index contributed by atoms with van der Waals surface area (Å²) in [7, 11) is 0. The minimum absolute atomic E-state index is 0. The van der Waals surface area contributed by atoms with Crippen LogP contribution in [0.25, 0.3) is 11.3 Å². The molecule has 0 radical (unpaired) electrons. The summed E-state index contributed by atoms with van der Waals surface area (Å²) in [4.78, 5) is 15.0. The van der Waals surface area contributed by atoms with Gasteiger partial charge in [-0.3, -0.25) is 4.79 Å². The lowest BCUT2D eigenvalue weighted by Gasteiger charge is -2.42. The van der Waals surface area contributed by atoms with Gasteiger partial charge in [-0.2, -0.15) is 0 Å². The molecule has 0 saturated carbocycles. The number of aromatic nitrogens is 1. The number of benzene rings is 1. The fraction of sp³-hybridized carbons (Fsp3) is 0.444. The van der Waals surface area contributed by atoms with Gasteiger partial charge >= 0.3 is 0 Å². The molecule has 2 heterocycles. The number of carbonyl (C=O) groups is 1. The smallest absolute Gasteiger partial charge is 0.259 e. The molecular weight excluding hydrogens is 397 g/mol. The van der Waals surface area contributed by atoms with E-state index in [2.05, 4.69) is 19.0 Å². The Bertz CT molecular complexity index is 800.